The van der Waals surface area contributed by atoms with Crippen LogP contribution in [0.4, 0.5) is 5.00 Å². The Morgan fingerprint density at radius 1 is 1.25 bits per heavy atom. The van der Waals surface area contributed by atoms with Crippen LogP contribution in [0.1, 0.15) is 21.8 Å². The summed E-state index contributed by atoms with van der Waals surface area (Å²) in [6.45, 7) is 4.09. The zero-order chi connectivity index (χ0) is 14.1. The standard InChI is InChI=1S/C15H15N3OS/c1-9-5-3-4-6-11(9)8-13-17-15(19-18-13)12-7-10(2)20-14(12)16/h3-7H,8,16H2,1-2H3. The maximum atomic E-state index is 5.95. The van der Waals surface area contributed by atoms with Gasteiger partial charge in [0.1, 0.15) is 0 Å². The molecule has 2 N–H and O–H groups in total. The quantitative estimate of drug-likeness (QED) is 0.798. The topological polar surface area (TPSA) is 64.9 Å². The zero-order valence-corrected chi connectivity index (χ0v) is 12.2. The van der Waals surface area contributed by atoms with E-state index in [4.69, 9.17) is 10.3 Å². The monoisotopic (exact) mass is 285 g/mol. The van der Waals surface area contributed by atoms with E-state index in [1.54, 1.807) is 0 Å². The molecule has 102 valence electrons. The Morgan fingerprint density at radius 2 is 2.05 bits per heavy atom. The highest BCUT2D eigenvalue weighted by Gasteiger charge is 2.14. The Hall–Kier alpha value is -2.14. The fourth-order valence-electron chi connectivity index (χ4n) is 2.11. The molecule has 2 heterocycles. The summed E-state index contributed by atoms with van der Waals surface area (Å²) in [7, 11) is 0. The average molecular weight is 285 g/mol. The van der Waals surface area contributed by atoms with E-state index in [9.17, 15) is 0 Å². The molecular formula is C15H15N3OS. The molecule has 0 atom stereocenters. The minimum atomic E-state index is 0.496. The summed E-state index contributed by atoms with van der Waals surface area (Å²) < 4.78 is 5.32. The third-order valence-corrected chi connectivity index (χ3v) is 4.07. The molecule has 2 aromatic heterocycles. The van der Waals surface area contributed by atoms with Crippen LogP contribution in [0.5, 0.6) is 0 Å². The second kappa shape index (κ2) is 5.09. The van der Waals surface area contributed by atoms with Crippen LogP contribution < -0.4 is 5.73 Å². The lowest BCUT2D eigenvalue weighted by atomic mass is 10.1. The largest absolute Gasteiger partial charge is 0.390 e. The lowest BCUT2D eigenvalue weighted by molar-refractivity contribution is 0.424. The van der Waals surface area contributed by atoms with E-state index in [2.05, 4.69) is 29.2 Å². The molecule has 0 radical (unpaired) electrons. The highest BCUT2D eigenvalue weighted by Crippen LogP contribution is 2.32. The van der Waals surface area contributed by atoms with E-state index in [-0.39, 0.29) is 0 Å². The van der Waals surface area contributed by atoms with Crippen molar-refractivity contribution in [1.29, 1.82) is 0 Å². The minimum absolute atomic E-state index is 0.496. The first-order valence-corrected chi connectivity index (χ1v) is 7.18. The first kappa shape index (κ1) is 12.9. The van der Waals surface area contributed by atoms with E-state index >= 15 is 0 Å². The summed E-state index contributed by atoms with van der Waals surface area (Å²) in [6, 6.07) is 10.2. The number of hydrogen-bond donors (Lipinski definition) is 1. The van der Waals surface area contributed by atoms with Gasteiger partial charge in [0.05, 0.1) is 10.6 Å². The highest BCUT2D eigenvalue weighted by molar-refractivity contribution is 7.16. The third kappa shape index (κ3) is 2.44. The van der Waals surface area contributed by atoms with Crippen LogP contribution in [-0.2, 0) is 6.42 Å². The van der Waals surface area contributed by atoms with E-state index in [1.807, 2.05) is 25.1 Å². The van der Waals surface area contributed by atoms with E-state index in [0.29, 0.717) is 23.1 Å². The predicted octanol–water partition coefficient (Wildman–Crippen LogP) is 3.59. The first-order chi connectivity index (χ1) is 9.63. The Bertz CT molecular complexity index is 745. The van der Waals surface area contributed by atoms with Crippen LogP contribution in [0.3, 0.4) is 0 Å². The molecule has 5 heteroatoms. The molecule has 0 aliphatic carbocycles. The molecule has 0 unspecified atom stereocenters. The fourth-order valence-corrected chi connectivity index (χ4v) is 2.89. The van der Waals surface area contributed by atoms with Gasteiger partial charge < -0.3 is 10.3 Å². The van der Waals surface area contributed by atoms with E-state index in [1.165, 1.54) is 22.5 Å². The van der Waals surface area contributed by atoms with Gasteiger partial charge in [-0.15, -0.1) is 11.3 Å². The second-order valence-electron chi connectivity index (χ2n) is 4.75. The zero-order valence-electron chi connectivity index (χ0n) is 11.4. The summed E-state index contributed by atoms with van der Waals surface area (Å²) in [5.41, 5.74) is 9.21. The molecule has 3 aromatic rings. The van der Waals surface area contributed by atoms with Gasteiger partial charge in [-0.1, -0.05) is 29.4 Å². The highest BCUT2D eigenvalue weighted by atomic mass is 32.1. The Labute approximate surface area is 121 Å². The van der Waals surface area contributed by atoms with Crippen LogP contribution in [0.2, 0.25) is 0 Å². The van der Waals surface area contributed by atoms with Crippen LogP contribution in [-0.4, -0.2) is 10.1 Å². The van der Waals surface area contributed by atoms with Crippen molar-refractivity contribution < 1.29 is 4.52 Å². The molecule has 1 aromatic carbocycles. The fraction of sp³-hybridized carbons (Fsp3) is 0.200. The molecule has 0 saturated heterocycles. The molecule has 3 rings (SSSR count). The molecule has 0 fully saturated rings. The summed E-state index contributed by atoms with van der Waals surface area (Å²) >= 11 is 1.53. The van der Waals surface area contributed by atoms with Crippen molar-refractivity contribution in [2.75, 3.05) is 5.73 Å². The van der Waals surface area contributed by atoms with Crippen molar-refractivity contribution >= 4 is 16.3 Å². The van der Waals surface area contributed by atoms with Gasteiger partial charge in [-0.2, -0.15) is 4.98 Å². The Morgan fingerprint density at radius 3 is 2.75 bits per heavy atom. The smallest absolute Gasteiger partial charge is 0.260 e. The molecular weight excluding hydrogens is 270 g/mol. The van der Waals surface area contributed by atoms with Gasteiger partial charge in [-0.25, -0.2) is 0 Å². The molecule has 0 amide bonds. The number of anilines is 1. The van der Waals surface area contributed by atoms with Gasteiger partial charge in [-0.05, 0) is 31.0 Å². The lowest BCUT2D eigenvalue weighted by Crippen LogP contribution is -1.93. The third-order valence-electron chi connectivity index (χ3n) is 3.19. The number of benzene rings is 1. The van der Waals surface area contributed by atoms with Crippen molar-refractivity contribution in [2.24, 2.45) is 0 Å². The summed E-state index contributed by atoms with van der Waals surface area (Å²) in [6.07, 6.45) is 0.666. The number of hydrogen-bond acceptors (Lipinski definition) is 5. The average Bonchev–Trinajstić information content (AvgIpc) is 2.99. The second-order valence-corrected chi connectivity index (χ2v) is 6.04. The Balaban J connectivity index is 1.88. The van der Waals surface area contributed by atoms with Crippen molar-refractivity contribution in [3.8, 4) is 11.5 Å². The van der Waals surface area contributed by atoms with Crippen molar-refractivity contribution in [3.63, 3.8) is 0 Å². The SMILES string of the molecule is Cc1cc(-c2nc(Cc3ccccc3C)no2)c(N)s1. The number of rotatable bonds is 3. The normalized spacial score (nSPS) is 10.9. The lowest BCUT2D eigenvalue weighted by Gasteiger charge is -2.00. The molecule has 0 spiro atoms. The molecule has 0 aliphatic rings. The summed E-state index contributed by atoms with van der Waals surface area (Å²) in [5.74, 6) is 1.17. The molecule has 0 aliphatic heterocycles. The molecule has 0 saturated carbocycles. The van der Waals surface area contributed by atoms with Gasteiger partial charge in [0.25, 0.3) is 5.89 Å². The number of thiophene rings is 1. The summed E-state index contributed by atoms with van der Waals surface area (Å²) in [4.78, 5) is 5.58. The minimum Gasteiger partial charge on any atom is -0.390 e. The van der Waals surface area contributed by atoms with Crippen LogP contribution in [0.15, 0.2) is 34.9 Å². The number of nitrogens with zero attached hydrogens (tertiary/aromatic N) is 2. The van der Waals surface area contributed by atoms with Crippen molar-refractivity contribution in [1.82, 2.24) is 10.1 Å². The maximum absolute atomic E-state index is 5.95. The molecule has 4 nitrogen and oxygen atoms in total. The molecule has 0 bridgehead atoms. The van der Waals surface area contributed by atoms with Crippen LogP contribution in [0.25, 0.3) is 11.5 Å². The predicted molar refractivity (Wildman–Crippen MR) is 80.7 cm³/mol. The van der Waals surface area contributed by atoms with Gasteiger partial charge >= 0.3 is 0 Å². The van der Waals surface area contributed by atoms with Crippen molar-refractivity contribution in [3.05, 3.63) is 52.2 Å². The summed E-state index contributed by atoms with van der Waals surface area (Å²) in [5, 5.41) is 4.76. The number of aryl methyl sites for hydroxylation is 2. The number of nitrogen functional groups attached to an aromatic ring is 1. The first-order valence-electron chi connectivity index (χ1n) is 6.37. The maximum Gasteiger partial charge on any atom is 0.260 e. The van der Waals surface area contributed by atoms with Gasteiger partial charge in [0, 0.05) is 11.3 Å². The molecule has 20 heavy (non-hydrogen) atoms. The number of aromatic nitrogens is 2. The van der Waals surface area contributed by atoms with Crippen molar-refractivity contribution in [2.45, 2.75) is 20.3 Å². The van der Waals surface area contributed by atoms with Gasteiger partial charge in [0.2, 0.25) is 0 Å². The van der Waals surface area contributed by atoms with Crippen LogP contribution in [0, 0.1) is 13.8 Å². The van der Waals surface area contributed by atoms with Gasteiger partial charge in [0.15, 0.2) is 5.82 Å². The van der Waals surface area contributed by atoms with Gasteiger partial charge in [-0.3, -0.25) is 0 Å². The van der Waals surface area contributed by atoms with E-state index < -0.39 is 0 Å². The Kier molecular flexibility index (Phi) is 3.28. The number of nitrogens with two attached hydrogens (primary N) is 1. The van der Waals surface area contributed by atoms with E-state index in [0.717, 1.165) is 10.4 Å². The van der Waals surface area contributed by atoms with Crippen LogP contribution >= 0.6 is 11.3 Å².